The summed E-state index contributed by atoms with van der Waals surface area (Å²) in [6.07, 6.45) is 7.39. The molecule has 0 radical (unpaired) electrons. The highest BCUT2D eigenvalue weighted by atomic mass is 16.5. The van der Waals surface area contributed by atoms with Crippen molar-refractivity contribution in [2.45, 2.75) is 25.4 Å². The molecule has 0 aliphatic carbocycles. The van der Waals surface area contributed by atoms with Crippen LogP contribution in [0.5, 0.6) is 5.75 Å². The van der Waals surface area contributed by atoms with E-state index in [-0.39, 0.29) is 0 Å². The molecule has 1 unspecified atom stereocenters. The molecule has 17 heavy (non-hydrogen) atoms. The third kappa shape index (κ3) is 1.89. The van der Waals surface area contributed by atoms with Gasteiger partial charge in [0.25, 0.3) is 0 Å². The van der Waals surface area contributed by atoms with E-state index in [1.807, 2.05) is 24.5 Å². The predicted octanol–water partition coefficient (Wildman–Crippen LogP) is 2.06. The van der Waals surface area contributed by atoms with Crippen molar-refractivity contribution in [2.24, 2.45) is 0 Å². The Labute approximate surface area is 100 Å². The summed E-state index contributed by atoms with van der Waals surface area (Å²) in [5, 5.41) is 0. The molecule has 0 amide bonds. The molecule has 0 N–H and O–H groups in total. The molecular formula is C13H16N2O2. The minimum atomic E-state index is 0.326. The van der Waals surface area contributed by atoms with Crippen LogP contribution in [0.15, 0.2) is 24.5 Å². The lowest BCUT2D eigenvalue weighted by molar-refractivity contribution is 0.109. The number of nitrogens with zero attached hydrogens (tertiary/aromatic N) is 2. The highest BCUT2D eigenvalue weighted by molar-refractivity contribution is 5.59. The number of ether oxygens (including phenoxy) is 2. The molecule has 1 aliphatic heterocycles. The Morgan fingerprint density at radius 2 is 2.53 bits per heavy atom. The predicted molar refractivity (Wildman–Crippen MR) is 64.4 cm³/mol. The van der Waals surface area contributed by atoms with Gasteiger partial charge in [-0.15, -0.1) is 0 Å². The van der Waals surface area contributed by atoms with Crippen LogP contribution >= 0.6 is 0 Å². The van der Waals surface area contributed by atoms with E-state index in [0.29, 0.717) is 6.10 Å². The van der Waals surface area contributed by atoms with Gasteiger partial charge >= 0.3 is 0 Å². The van der Waals surface area contributed by atoms with Crippen LogP contribution in [0.25, 0.3) is 5.52 Å². The van der Waals surface area contributed by atoms with Gasteiger partial charge in [0.1, 0.15) is 17.1 Å². The van der Waals surface area contributed by atoms with Crippen LogP contribution in [0, 0.1) is 0 Å². The SMILES string of the molecule is COc1cccn2c(CC3CCCO3)ncc12. The monoisotopic (exact) mass is 232 g/mol. The third-order valence-electron chi connectivity index (χ3n) is 3.26. The Morgan fingerprint density at radius 3 is 3.29 bits per heavy atom. The summed E-state index contributed by atoms with van der Waals surface area (Å²) in [6.45, 7) is 0.886. The molecule has 1 aliphatic rings. The Kier molecular flexibility index (Phi) is 2.73. The Morgan fingerprint density at radius 1 is 1.59 bits per heavy atom. The van der Waals surface area contributed by atoms with E-state index < -0.39 is 0 Å². The molecule has 1 fully saturated rings. The van der Waals surface area contributed by atoms with Gasteiger partial charge in [-0.25, -0.2) is 4.98 Å². The quantitative estimate of drug-likeness (QED) is 0.812. The van der Waals surface area contributed by atoms with Crippen LogP contribution in [0.2, 0.25) is 0 Å². The van der Waals surface area contributed by atoms with Gasteiger partial charge in [-0.1, -0.05) is 0 Å². The highest BCUT2D eigenvalue weighted by Gasteiger charge is 2.18. The lowest BCUT2D eigenvalue weighted by atomic mass is 10.2. The zero-order chi connectivity index (χ0) is 11.7. The minimum Gasteiger partial charge on any atom is -0.494 e. The van der Waals surface area contributed by atoms with Gasteiger partial charge in [-0.3, -0.25) is 0 Å². The van der Waals surface area contributed by atoms with Crippen molar-refractivity contribution in [3.8, 4) is 5.75 Å². The van der Waals surface area contributed by atoms with E-state index in [0.717, 1.165) is 43.0 Å². The maximum absolute atomic E-state index is 5.65. The molecule has 90 valence electrons. The number of methoxy groups -OCH3 is 1. The molecule has 0 bridgehead atoms. The first kappa shape index (κ1) is 10.6. The zero-order valence-electron chi connectivity index (χ0n) is 9.93. The number of imidazole rings is 1. The fourth-order valence-corrected chi connectivity index (χ4v) is 2.38. The number of rotatable bonds is 3. The van der Waals surface area contributed by atoms with E-state index in [2.05, 4.69) is 9.38 Å². The van der Waals surface area contributed by atoms with Crippen LogP contribution in [0.1, 0.15) is 18.7 Å². The first-order valence-corrected chi connectivity index (χ1v) is 5.99. The van der Waals surface area contributed by atoms with E-state index in [1.54, 1.807) is 7.11 Å². The maximum atomic E-state index is 5.65. The second-order valence-electron chi connectivity index (χ2n) is 4.35. The maximum Gasteiger partial charge on any atom is 0.144 e. The first-order valence-electron chi connectivity index (χ1n) is 5.99. The largest absolute Gasteiger partial charge is 0.494 e. The normalized spacial score (nSPS) is 19.9. The van der Waals surface area contributed by atoms with Gasteiger partial charge in [0.2, 0.25) is 0 Å². The number of aromatic nitrogens is 2. The fraction of sp³-hybridized carbons (Fsp3) is 0.462. The molecular weight excluding hydrogens is 216 g/mol. The van der Waals surface area contributed by atoms with E-state index in [4.69, 9.17) is 9.47 Å². The molecule has 2 aromatic rings. The summed E-state index contributed by atoms with van der Waals surface area (Å²) in [4.78, 5) is 4.47. The first-order chi connectivity index (χ1) is 8.38. The van der Waals surface area contributed by atoms with Crippen LogP contribution in [-0.4, -0.2) is 29.2 Å². The molecule has 4 heteroatoms. The molecule has 0 aromatic carbocycles. The van der Waals surface area contributed by atoms with Crippen molar-refractivity contribution in [1.29, 1.82) is 0 Å². The van der Waals surface area contributed by atoms with Crippen molar-refractivity contribution >= 4 is 5.52 Å². The van der Waals surface area contributed by atoms with Crippen molar-refractivity contribution in [2.75, 3.05) is 13.7 Å². The molecule has 3 heterocycles. The topological polar surface area (TPSA) is 35.8 Å². The van der Waals surface area contributed by atoms with Crippen molar-refractivity contribution < 1.29 is 9.47 Å². The Bertz CT molecular complexity index is 515. The summed E-state index contributed by atoms with van der Waals surface area (Å²) in [6, 6.07) is 3.93. The molecule has 3 rings (SSSR count). The second kappa shape index (κ2) is 4.37. The van der Waals surface area contributed by atoms with Crippen LogP contribution in [0.4, 0.5) is 0 Å². The average molecular weight is 232 g/mol. The Hall–Kier alpha value is -1.55. The number of hydrogen-bond acceptors (Lipinski definition) is 3. The molecule has 2 aromatic heterocycles. The number of pyridine rings is 1. The highest BCUT2D eigenvalue weighted by Crippen LogP contribution is 2.22. The van der Waals surface area contributed by atoms with Crippen molar-refractivity contribution in [3.63, 3.8) is 0 Å². The van der Waals surface area contributed by atoms with Gasteiger partial charge < -0.3 is 13.9 Å². The number of hydrogen-bond donors (Lipinski definition) is 0. The van der Waals surface area contributed by atoms with Gasteiger partial charge in [0.05, 0.1) is 19.4 Å². The fourth-order valence-electron chi connectivity index (χ4n) is 2.38. The van der Waals surface area contributed by atoms with Gasteiger partial charge in [0, 0.05) is 19.2 Å². The van der Waals surface area contributed by atoms with E-state index >= 15 is 0 Å². The molecule has 0 saturated carbocycles. The van der Waals surface area contributed by atoms with Crippen LogP contribution in [0.3, 0.4) is 0 Å². The summed E-state index contributed by atoms with van der Waals surface area (Å²) >= 11 is 0. The van der Waals surface area contributed by atoms with Crippen LogP contribution in [-0.2, 0) is 11.2 Å². The van der Waals surface area contributed by atoms with E-state index in [1.165, 1.54) is 0 Å². The van der Waals surface area contributed by atoms with Gasteiger partial charge in [-0.05, 0) is 25.0 Å². The standard InChI is InChI=1S/C13H16N2O2/c1-16-12-5-2-6-15-11(12)9-14-13(15)8-10-4-3-7-17-10/h2,5-6,9-10H,3-4,7-8H2,1H3. The minimum absolute atomic E-state index is 0.326. The summed E-state index contributed by atoms with van der Waals surface area (Å²) in [7, 11) is 1.68. The zero-order valence-corrected chi connectivity index (χ0v) is 9.93. The van der Waals surface area contributed by atoms with Gasteiger partial charge in [-0.2, -0.15) is 0 Å². The van der Waals surface area contributed by atoms with Crippen molar-refractivity contribution in [1.82, 2.24) is 9.38 Å². The van der Waals surface area contributed by atoms with Gasteiger partial charge in [0.15, 0.2) is 0 Å². The lowest BCUT2D eigenvalue weighted by Gasteiger charge is -2.08. The van der Waals surface area contributed by atoms with Crippen molar-refractivity contribution in [3.05, 3.63) is 30.4 Å². The summed E-state index contributed by atoms with van der Waals surface area (Å²) in [5.74, 6) is 1.91. The average Bonchev–Trinajstić information content (AvgIpc) is 2.99. The van der Waals surface area contributed by atoms with Crippen LogP contribution < -0.4 is 4.74 Å². The smallest absolute Gasteiger partial charge is 0.144 e. The third-order valence-corrected chi connectivity index (χ3v) is 3.26. The molecule has 0 spiro atoms. The van der Waals surface area contributed by atoms with E-state index in [9.17, 15) is 0 Å². The molecule has 4 nitrogen and oxygen atoms in total. The lowest BCUT2D eigenvalue weighted by Crippen LogP contribution is -2.11. The molecule has 1 saturated heterocycles. The summed E-state index contributed by atoms with van der Waals surface area (Å²) < 4.78 is 13.0. The second-order valence-corrected chi connectivity index (χ2v) is 4.35. The summed E-state index contributed by atoms with van der Waals surface area (Å²) in [5.41, 5.74) is 1.02. The Balaban J connectivity index is 1.94. The number of fused-ring (bicyclic) bond motifs is 1. The molecule has 1 atom stereocenters.